The molecular weight excluding hydrogens is 356 g/mol. The number of aromatic nitrogens is 1. The van der Waals surface area contributed by atoms with Gasteiger partial charge in [-0.15, -0.1) is 0 Å². The van der Waals surface area contributed by atoms with Crippen LogP contribution in [0.5, 0.6) is 11.5 Å². The van der Waals surface area contributed by atoms with Crippen LogP contribution in [0.15, 0.2) is 53.3 Å². The minimum Gasteiger partial charge on any atom is -0.493 e. The molecule has 28 heavy (non-hydrogen) atoms. The zero-order chi connectivity index (χ0) is 20.1. The van der Waals surface area contributed by atoms with E-state index < -0.39 is 0 Å². The Bertz CT molecular complexity index is 1100. The van der Waals surface area contributed by atoms with Gasteiger partial charge in [-0.3, -0.25) is 9.59 Å². The maximum atomic E-state index is 12.3. The number of fused-ring (bicyclic) bond motifs is 1. The van der Waals surface area contributed by atoms with Gasteiger partial charge in [-0.05, 0) is 47.9 Å². The van der Waals surface area contributed by atoms with E-state index in [1.165, 1.54) is 6.08 Å². The smallest absolute Gasteiger partial charge is 0.248 e. The number of rotatable bonds is 6. The lowest BCUT2D eigenvalue weighted by Gasteiger charge is -2.08. The number of aryl methyl sites for hydroxylation is 1. The first kappa shape index (κ1) is 19.2. The molecule has 1 heterocycles. The van der Waals surface area contributed by atoms with Crippen molar-refractivity contribution in [3.63, 3.8) is 0 Å². The Kier molecular flexibility index (Phi) is 5.79. The molecule has 0 bridgehead atoms. The summed E-state index contributed by atoms with van der Waals surface area (Å²) in [6.07, 6.45) is 3.90. The molecule has 0 aliphatic rings. The quantitative estimate of drug-likeness (QED) is 0.640. The van der Waals surface area contributed by atoms with Crippen LogP contribution in [0.4, 0.5) is 5.69 Å². The van der Waals surface area contributed by atoms with Crippen molar-refractivity contribution in [1.29, 1.82) is 0 Å². The van der Waals surface area contributed by atoms with Crippen LogP contribution in [0.1, 0.15) is 18.1 Å². The van der Waals surface area contributed by atoms with E-state index in [0.717, 1.165) is 22.9 Å². The van der Waals surface area contributed by atoms with Crippen molar-refractivity contribution in [2.75, 3.05) is 19.5 Å². The van der Waals surface area contributed by atoms with Gasteiger partial charge in [-0.25, -0.2) is 0 Å². The molecule has 0 spiro atoms. The Morgan fingerprint density at radius 1 is 1.07 bits per heavy atom. The van der Waals surface area contributed by atoms with Crippen LogP contribution < -0.4 is 20.3 Å². The zero-order valence-electron chi connectivity index (χ0n) is 16.0. The van der Waals surface area contributed by atoms with Gasteiger partial charge in [0.1, 0.15) is 0 Å². The number of hydrogen-bond acceptors (Lipinski definition) is 4. The highest BCUT2D eigenvalue weighted by Gasteiger charge is 2.06. The summed E-state index contributed by atoms with van der Waals surface area (Å²) < 4.78 is 10.5. The Morgan fingerprint density at radius 2 is 1.86 bits per heavy atom. The minimum absolute atomic E-state index is 0.152. The lowest BCUT2D eigenvalue weighted by Crippen LogP contribution is -2.09. The molecule has 0 atom stereocenters. The summed E-state index contributed by atoms with van der Waals surface area (Å²) in [6, 6.07) is 12.5. The normalized spacial score (nSPS) is 11.0. The van der Waals surface area contributed by atoms with Crippen LogP contribution in [0.25, 0.3) is 17.0 Å². The monoisotopic (exact) mass is 378 g/mol. The van der Waals surface area contributed by atoms with Gasteiger partial charge >= 0.3 is 0 Å². The van der Waals surface area contributed by atoms with Crippen LogP contribution in [0, 0.1) is 0 Å². The van der Waals surface area contributed by atoms with E-state index in [2.05, 4.69) is 10.3 Å². The summed E-state index contributed by atoms with van der Waals surface area (Å²) in [5.41, 5.74) is 2.94. The molecule has 144 valence electrons. The summed E-state index contributed by atoms with van der Waals surface area (Å²) in [7, 11) is 3.13. The predicted molar refractivity (Wildman–Crippen MR) is 111 cm³/mol. The number of methoxy groups -OCH3 is 2. The van der Waals surface area contributed by atoms with Gasteiger partial charge in [0.15, 0.2) is 11.5 Å². The first-order valence-corrected chi connectivity index (χ1v) is 8.91. The maximum Gasteiger partial charge on any atom is 0.248 e. The van der Waals surface area contributed by atoms with Crippen molar-refractivity contribution in [2.24, 2.45) is 0 Å². The third-order valence-corrected chi connectivity index (χ3v) is 4.41. The number of aromatic amines is 1. The Hall–Kier alpha value is -3.54. The summed E-state index contributed by atoms with van der Waals surface area (Å²) >= 11 is 0. The largest absolute Gasteiger partial charge is 0.493 e. The highest BCUT2D eigenvalue weighted by atomic mass is 16.5. The van der Waals surface area contributed by atoms with Crippen molar-refractivity contribution in [3.05, 3.63) is 70.0 Å². The number of carbonyl (C=O) groups is 1. The molecule has 0 saturated carbocycles. The maximum absolute atomic E-state index is 12.3. The molecule has 0 unspecified atom stereocenters. The average molecular weight is 378 g/mol. The van der Waals surface area contributed by atoms with E-state index in [1.54, 1.807) is 44.6 Å². The predicted octanol–water partition coefficient (Wildman–Crippen LogP) is 3.76. The number of pyridine rings is 1. The van der Waals surface area contributed by atoms with Gasteiger partial charge in [0.25, 0.3) is 0 Å². The molecule has 1 aromatic heterocycles. The Balaban J connectivity index is 1.77. The third kappa shape index (κ3) is 4.23. The number of benzene rings is 2. The van der Waals surface area contributed by atoms with E-state index >= 15 is 0 Å². The zero-order valence-corrected chi connectivity index (χ0v) is 16.0. The molecule has 0 aliphatic carbocycles. The molecule has 3 aromatic rings. The second kappa shape index (κ2) is 8.43. The van der Waals surface area contributed by atoms with Crippen LogP contribution in [0.3, 0.4) is 0 Å². The molecule has 0 radical (unpaired) electrons. The third-order valence-electron chi connectivity index (χ3n) is 4.41. The van der Waals surface area contributed by atoms with Crippen LogP contribution >= 0.6 is 0 Å². The van der Waals surface area contributed by atoms with Crippen LogP contribution in [-0.2, 0) is 11.2 Å². The van der Waals surface area contributed by atoms with Crippen molar-refractivity contribution < 1.29 is 14.3 Å². The topological polar surface area (TPSA) is 80.4 Å². The molecule has 1 amide bonds. The second-order valence-electron chi connectivity index (χ2n) is 6.21. The molecule has 6 nitrogen and oxygen atoms in total. The lowest BCUT2D eigenvalue weighted by molar-refractivity contribution is -0.111. The highest BCUT2D eigenvalue weighted by Crippen LogP contribution is 2.28. The van der Waals surface area contributed by atoms with Crippen molar-refractivity contribution in [3.8, 4) is 11.5 Å². The Morgan fingerprint density at radius 3 is 2.57 bits per heavy atom. The molecule has 3 rings (SSSR count). The molecule has 6 heteroatoms. The van der Waals surface area contributed by atoms with Crippen LogP contribution in [0.2, 0.25) is 0 Å². The highest BCUT2D eigenvalue weighted by molar-refractivity contribution is 6.03. The van der Waals surface area contributed by atoms with E-state index in [4.69, 9.17) is 9.47 Å². The number of anilines is 1. The number of nitrogens with one attached hydrogen (secondary N) is 2. The molecule has 0 fully saturated rings. The van der Waals surface area contributed by atoms with Crippen molar-refractivity contribution in [1.82, 2.24) is 4.98 Å². The van der Waals surface area contributed by atoms with Gasteiger partial charge in [-0.2, -0.15) is 0 Å². The van der Waals surface area contributed by atoms with Gasteiger partial charge in [0.2, 0.25) is 11.5 Å². The average Bonchev–Trinajstić information content (AvgIpc) is 2.71. The van der Waals surface area contributed by atoms with E-state index in [9.17, 15) is 9.59 Å². The van der Waals surface area contributed by atoms with Gasteiger partial charge in [-0.1, -0.05) is 19.1 Å². The molecule has 2 aromatic carbocycles. The fourth-order valence-electron chi connectivity index (χ4n) is 3.02. The summed E-state index contributed by atoms with van der Waals surface area (Å²) in [4.78, 5) is 26.9. The van der Waals surface area contributed by atoms with E-state index in [0.29, 0.717) is 22.7 Å². The van der Waals surface area contributed by atoms with E-state index in [1.807, 2.05) is 25.1 Å². The fraction of sp³-hybridized carbons (Fsp3) is 0.182. The number of H-pyrrole nitrogens is 1. The van der Waals surface area contributed by atoms with Gasteiger partial charge in [0.05, 0.1) is 19.7 Å². The van der Waals surface area contributed by atoms with Gasteiger partial charge < -0.3 is 19.8 Å². The fourth-order valence-corrected chi connectivity index (χ4v) is 3.02. The van der Waals surface area contributed by atoms with Crippen molar-refractivity contribution in [2.45, 2.75) is 13.3 Å². The SMILES string of the molecule is CCc1cc(=O)[nH]c2cc(NC(=O)/C=C\c3ccc(OC)c(OC)c3)ccc12. The number of carbonyl (C=O) groups excluding carboxylic acids is 1. The number of ether oxygens (including phenoxy) is 2. The molecular formula is C22H22N2O4. The minimum atomic E-state index is -0.275. The first-order chi connectivity index (χ1) is 13.5. The summed E-state index contributed by atoms with van der Waals surface area (Å²) in [5.74, 6) is 0.944. The number of hydrogen-bond donors (Lipinski definition) is 2. The summed E-state index contributed by atoms with van der Waals surface area (Å²) in [5, 5.41) is 3.78. The first-order valence-electron chi connectivity index (χ1n) is 8.91. The van der Waals surface area contributed by atoms with Crippen molar-refractivity contribution >= 4 is 28.6 Å². The van der Waals surface area contributed by atoms with E-state index in [-0.39, 0.29) is 11.5 Å². The Labute approximate surface area is 162 Å². The molecule has 2 N–H and O–H groups in total. The molecule has 0 aliphatic heterocycles. The standard InChI is InChI=1S/C22H22N2O4/c1-4-15-12-22(26)24-18-13-16(7-8-17(15)18)23-21(25)10-6-14-5-9-19(27-2)20(11-14)28-3/h5-13H,4H2,1-3H3,(H,23,25)(H,24,26)/b10-6-. The lowest BCUT2D eigenvalue weighted by atomic mass is 10.1. The second-order valence-corrected chi connectivity index (χ2v) is 6.21. The summed E-state index contributed by atoms with van der Waals surface area (Å²) in [6.45, 7) is 2.00. The van der Waals surface area contributed by atoms with Crippen LogP contribution in [-0.4, -0.2) is 25.1 Å². The molecule has 0 saturated heterocycles. The number of amides is 1. The van der Waals surface area contributed by atoms with Gasteiger partial charge in [0, 0.05) is 23.2 Å².